The van der Waals surface area contributed by atoms with Crippen molar-refractivity contribution >= 4 is 29.1 Å². The number of halogens is 1. The smallest absolute Gasteiger partial charge is 0.244 e. The highest BCUT2D eigenvalue weighted by molar-refractivity contribution is 6.30. The van der Waals surface area contributed by atoms with Crippen LogP contribution in [0.2, 0.25) is 5.02 Å². The van der Waals surface area contributed by atoms with E-state index in [0.29, 0.717) is 18.1 Å². The fraction of sp³-hybridized carbons (Fsp3) is 0.333. The van der Waals surface area contributed by atoms with Crippen LogP contribution < -0.4 is 10.2 Å². The molecule has 2 amide bonds. The average Bonchev–Trinajstić information content (AvgIpc) is 2.70. The van der Waals surface area contributed by atoms with Crippen molar-refractivity contribution in [2.45, 2.75) is 19.4 Å². The minimum Gasteiger partial charge on any atom is -0.368 e. The van der Waals surface area contributed by atoms with Gasteiger partial charge in [-0.3, -0.25) is 9.59 Å². The minimum atomic E-state index is -0.534. The average molecular weight is 386 g/mol. The number of para-hydroxylation sites is 1. The first kappa shape index (κ1) is 19.2. The number of hydrogen-bond donors (Lipinski definition) is 1. The molecule has 0 spiro atoms. The Morgan fingerprint density at radius 3 is 2.26 bits per heavy atom. The van der Waals surface area contributed by atoms with E-state index in [2.05, 4.69) is 22.3 Å². The van der Waals surface area contributed by atoms with Crippen LogP contribution in [-0.2, 0) is 16.0 Å². The van der Waals surface area contributed by atoms with Crippen molar-refractivity contribution in [3.8, 4) is 0 Å². The molecule has 0 saturated carbocycles. The van der Waals surface area contributed by atoms with E-state index >= 15 is 0 Å². The quantitative estimate of drug-likeness (QED) is 0.861. The van der Waals surface area contributed by atoms with E-state index in [1.54, 1.807) is 19.1 Å². The second-order valence-corrected chi connectivity index (χ2v) is 7.18. The van der Waals surface area contributed by atoms with Gasteiger partial charge >= 0.3 is 0 Å². The molecule has 1 saturated heterocycles. The lowest BCUT2D eigenvalue weighted by Gasteiger charge is -2.37. The van der Waals surface area contributed by atoms with Crippen LogP contribution in [-0.4, -0.2) is 48.9 Å². The van der Waals surface area contributed by atoms with E-state index in [-0.39, 0.29) is 18.2 Å². The maximum Gasteiger partial charge on any atom is 0.244 e. The van der Waals surface area contributed by atoms with Crippen molar-refractivity contribution in [1.82, 2.24) is 10.2 Å². The summed E-state index contributed by atoms with van der Waals surface area (Å²) in [5.74, 6) is -0.201. The van der Waals surface area contributed by atoms with Crippen molar-refractivity contribution in [1.29, 1.82) is 0 Å². The topological polar surface area (TPSA) is 52.7 Å². The number of piperazine rings is 1. The highest BCUT2D eigenvalue weighted by Crippen LogP contribution is 2.16. The molecule has 2 aromatic carbocycles. The molecule has 1 heterocycles. The number of carbonyl (C=O) groups is 2. The van der Waals surface area contributed by atoms with Crippen molar-refractivity contribution < 1.29 is 9.59 Å². The molecule has 0 aliphatic carbocycles. The van der Waals surface area contributed by atoms with Gasteiger partial charge < -0.3 is 15.1 Å². The number of amides is 2. The van der Waals surface area contributed by atoms with Crippen molar-refractivity contribution in [2.75, 3.05) is 31.1 Å². The summed E-state index contributed by atoms with van der Waals surface area (Å²) in [6.45, 7) is 4.64. The van der Waals surface area contributed by atoms with Gasteiger partial charge in [-0.15, -0.1) is 0 Å². The zero-order valence-electron chi connectivity index (χ0n) is 15.4. The molecule has 27 heavy (non-hydrogen) atoms. The minimum absolute atomic E-state index is 0.0350. The van der Waals surface area contributed by atoms with Gasteiger partial charge in [0, 0.05) is 36.9 Å². The molecule has 0 unspecified atom stereocenters. The van der Waals surface area contributed by atoms with E-state index in [1.807, 2.05) is 35.2 Å². The van der Waals surface area contributed by atoms with Crippen LogP contribution in [0, 0.1) is 0 Å². The summed E-state index contributed by atoms with van der Waals surface area (Å²) >= 11 is 5.86. The molecule has 0 bridgehead atoms. The molecule has 1 N–H and O–H groups in total. The zero-order chi connectivity index (χ0) is 19.2. The number of nitrogens with one attached hydrogen (secondary N) is 1. The summed E-state index contributed by atoms with van der Waals surface area (Å²) in [6.07, 6.45) is 0.233. The summed E-state index contributed by atoms with van der Waals surface area (Å²) in [5.41, 5.74) is 2.04. The Labute approximate surface area is 164 Å². The lowest BCUT2D eigenvalue weighted by atomic mass is 10.1. The molecule has 1 aliphatic heterocycles. The predicted molar refractivity (Wildman–Crippen MR) is 108 cm³/mol. The van der Waals surface area contributed by atoms with Crippen LogP contribution >= 0.6 is 11.6 Å². The van der Waals surface area contributed by atoms with Crippen LogP contribution in [0.1, 0.15) is 12.5 Å². The van der Waals surface area contributed by atoms with Crippen LogP contribution in [0.5, 0.6) is 0 Å². The number of benzene rings is 2. The third-order valence-corrected chi connectivity index (χ3v) is 4.99. The summed E-state index contributed by atoms with van der Waals surface area (Å²) in [4.78, 5) is 29.0. The van der Waals surface area contributed by atoms with Crippen LogP contribution in [0.15, 0.2) is 54.6 Å². The van der Waals surface area contributed by atoms with Crippen LogP contribution in [0.4, 0.5) is 5.69 Å². The fourth-order valence-electron chi connectivity index (χ4n) is 3.24. The summed E-state index contributed by atoms with van der Waals surface area (Å²) in [5, 5.41) is 3.44. The Bertz CT molecular complexity index is 772. The van der Waals surface area contributed by atoms with E-state index in [9.17, 15) is 9.59 Å². The number of nitrogens with zero attached hydrogens (tertiary/aromatic N) is 2. The molecule has 142 valence electrons. The molecule has 6 heteroatoms. The first-order valence-electron chi connectivity index (χ1n) is 9.15. The van der Waals surface area contributed by atoms with Crippen molar-refractivity contribution in [3.05, 3.63) is 65.2 Å². The molecule has 5 nitrogen and oxygen atoms in total. The Morgan fingerprint density at radius 1 is 1.00 bits per heavy atom. The largest absolute Gasteiger partial charge is 0.368 e. The van der Waals surface area contributed by atoms with E-state index in [0.717, 1.165) is 18.7 Å². The number of rotatable bonds is 5. The van der Waals surface area contributed by atoms with E-state index in [1.165, 1.54) is 5.69 Å². The van der Waals surface area contributed by atoms with Crippen LogP contribution in [0.3, 0.4) is 0 Å². The maximum absolute atomic E-state index is 12.6. The zero-order valence-corrected chi connectivity index (χ0v) is 16.2. The Morgan fingerprint density at radius 2 is 1.63 bits per heavy atom. The molecule has 1 aliphatic rings. The Balaban J connectivity index is 1.47. The highest BCUT2D eigenvalue weighted by atomic mass is 35.5. The van der Waals surface area contributed by atoms with Gasteiger partial charge in [0.1, 0.15) is 6.04 Å². The third-order valence-electron chi connectivity index (χ3n) is 4.74. The summed E-state index contributed by atoms with van der Waals surface area (Å²) < 4.78 is 0. The fourth-order valence-corrected chi connectivity index (χ4v) is 3.37. The molecule has 1 fully saturated rings. The standard InChI is InChI=1S/C21H24ClN3O2/c1-16(23-20(26)15-17-7-9-18(22)10-8-17)21(27)25-13-11-24(12-14-25)19-5-3-2-4-6-19/h2-10,16H,11-15H2,1H3,(H,23,26)/t16-/m1/s1. The van der Waals surface area contributed by atoms with Crippen LogP contribution in [0.25, 0.3) is 0 Å². The number of anilines is 1. The molecule has 0 radical (unpaired) electrons. The summed E-state index contributed by atoms with van der Waals surface area (Å²) in [6, 6.07) is 16.8. The lowest BCUT2D eigenvalue weighted by Crippen LogP contribution is -2.54. The molecule has 1 atom stereocenters. The van der Waals surface area contributed by atoms with Gasteiger partial charge in [0.15, 0.2) is 0 Å². The number of hydrogen-bond acceptors (Lipinski definition) is 3. The lowest BCUT2D eigenvalue weighted by molar-refractivity contribution is -0.136. The Hall–Kier alpha value is -2.53. The van der Waals surface area contributed by atoms with E-state index in [4.69, 9.17) is 11.6 Å². The van der Waals surface area contributed by atoms with Gasteiger partial charge in [-0.1, -0.05) is 41.9 Å². The molecule has 3 rings (SSSR count). The summed E-state index contributed by atoms with van der Waals surface area (Å²) in [7, 11) is 0. The normalized spacial score (nSPS) is 15.3. The second kappa shape index (κ2) is 8.91. The van der Waals surface area contributed by atoms with Gasteiger partial charge in [-0.05, 0) is 36.8 Å². The SMILES string of the molecule is C[C@@H](NC(=O)Cc1ccc(Cl)cc1)C(=O)N1CCN(c2ccccc2)CC1. The molecular formula is C21H24ClN3O2. The Kier molecular flexibility index (Phi) is 6.35. The monoisotopic (exact) mass is 385 g/mol. The first-order chi connectivity index (χ1) is 13.0. The second-order valence-electron chi connectivity index (χ2n) is 6.74. The number of carbonyl (C=O) groups excluding carboxylic acids is 2. The van der Waals surface area contributed by atoms with E-state index < -0.39 is 6.04 Å². The molecular weight excluding hydrogens is 362 g/mol. The van der Waals surface area contributed by atoms with Crippen molar-refractivity contribution in [2.24, 2.45) is 0 Å². The first-order valence-corrected chi connectivity index (χ1v) is 9.53. The highest BCUT2D eigenvalue weighted by Gasteiger charge is 2.25. The molecule has 0 aromatic heterocycles. The predicted octanol–water partition coefficient (Wildman–Crippen LogP) is 2.74. The van der Waals surface area contributed by atoms with Crippen molar-refractivity contribution in [3.63, 3.8) is 0 Å². The maximum atomic E-state index is 12.6. The van der Waals surface area contributed by atoms with Gasteiger partial charge in [0.2, 0.25) is 11.8 Å². The van der Waals surface area contributed by atoms with Gasteiger partial charge in [-0.25, -0.2) is 0 Å². The van der Waals surface area contributed by atoms with Gasteiger partial charge in [0.25, 0.3) is 0 Å². The van der Waals surface area contributed by atoms with Gasteiger partial charge in [0.05, 0.1) is 6.42 Å². The van der Waals surface area contributed by atoms with Gasteiger partial charge in [-0.2, -0.15) is 0 Å². The third kappa shape index (κ3) is 5.23. The molecule has 2 aromatic rings.